The molecule has 2 fully saturated rings. The minimum atomic E-state index is -0.195. The Morgan fingerprint density at radius 3 is 2.51 bits per heavy atom. The molecule has 0 saturated carbocycles. The standard InChI is InChI=1S/C26H25N3O4S2/c1-27-21-6-4-3-5-19(21)23(28-11-13-33-14-12-28)20(24(27)30)15-22-25(31)29(26(34)35-22)16-17-7-9-18(32-2)10-8-17/h3-10,15H,11-14,16H2,1-2H3. The number of benzene rings is 2. The molecule has 0 radical (unpaired) electrons. The third-order valence-electron chi connectivity index (χ3n) is 6.29. The highest BCUT2D eigenvalue weighted by atomic mass is 32.2. The summed E-state index contributed by atoms with van der Waals surface area (Å²) in [6.07, 6.45) is 1.72. The molecule has 2 aromatic carbocycles. The first kappa shape index (κ1) is 23.6. The number of ether oxygens (including phenoxy) is 2. The summed E-state index contributed by atoms with van der Waals surface area (Å²) in [5.41, 5.74) is 2.98. The summed E-state index contributed by atoms with van der Waals surface area (Å²) in [5, 5.41) is 0.969. The van der Waals surface area contributed by atoms with E-state index < -0.39 is 0 Å². The summed E-state index contributed by atoms with van der Waals surface area (Å²) < 4.78 is 12.9. The first-order chi connectivity index (χ1) is 17.0. The van der Waals surface area contributed by atoms with Crippen LogP contribution in [-0.2, 0) is 23.1 Å². The Kier molecular flexibility index (Phi) is 6.64. The van der Waals surface area contributed by atoms with Crippen LogP contribution in [0.25, 0.3) is 17.0 Å². The van der Waals surface area contributed by atoms with Crippen molar-refractivity contribution in [3.05, 3.63) is 74.9 Å². The van der Waals surface area contributed by atoms with Gasteiger partial charge in [0, 0.05) is 25.5 Å². The molecule has 1 aromatic heterocycles. The Labute approximate surface area is 212 Å². The fourth-order valence-electron chi connectivity index (χ4n) is 4.44. The van der Waals surface area contributed by atoms with Crippen molar-refractivity contribution in [2.24, 2.45) is 7.05 Å². The molecule has 0 unspecified atom stereocenters. The molecule has 0 bridgehead atoms. The Morgan fingerprint density at radius 1 is 1.09 bits per heavy atom. The zero-order chi connectivity index (χ0) is 24.5. The van der Waals surface area contributed by atoms with Crippen LogP contribution in [0.15, 0.2) is 58.2 Å². The van der Waals surface area contributed by atoms with Crippen molar-refractivity contribution < 1.29 is 14.3 Å². The molecule has 3 aromatic rings. The van der Waals surface area contributed by atoms with E-state index in [0.29, 0.717) is 47.6 Å². The maximum atomic E-state index is 13.5. The van der Waals surface area contributed by atoms with Gasteiger partial charge in [0.05, 0.1) is 48.5 Å². The van der Waals surface area contributed by atoms with E-state index >= 15 is 0 Å². The summed E-state index contributed by atoms with van der Waals surface area (Å²) in [6.45, 7) is 2.89. The molecular weight excluding hydrogens is 482 g/mol. The van der Waals surface area contributed by atoms with Gasteiger partial charge in [0.2, 0.25) is 0 Å². The number of anilines is 1. The Morgan fingerprint density at radius 2 is 1.80 bits per heavy atom. The molecule has 0 N–H and O–H groups in total. The predicted molar refractivity (Wildman–Crippen MR) is 144 cm³/mol. The molecule has 9 heteroatoms. The largest absolute Gasteiger partial charge is 0.497 e. The molecule has 0 spiro atoms. The highest BCUT2D eigenvalue weighted by Gasteiger charge is 2.33. The monoisotopic (exact) mass is 507 g/mol. The van der Waals surface area contributed by atoms with Crippen LogP contribution in [-0.4, -0.2) is 53.1 Å². The molecule has 1 amide bonds. The molecule has 5 rings (SSSR count). The minimum Gasteiger partial charge on any atom is -0.497 e. The van der Waals surface area contributed by atoms with Gasteiger partial charge in [-0.05, 0) is 29.8 Å². The first-order valence-corrected chi connectivity index (χ1v) is 12.5. The number of carbonyl (C=O) groups excluding carboxylic acids is 1. The highest BCUT2D eigenvalue weighted by Crippen LogP contribution is 2.37. The Balaban J connectivity index is 1.56. The number of hydrogen-bond donors (Lipinski definition) is 0. The number of hydrogen-bond acceptors (Lipinski definition) is 7. The SMILES string of the molecule is COc1ccc(CN2C(=O)C(=Cc3c(N4CCOCC4)c4ccccc4n(C)c3=O)SC2=S)cc1. The van der Waals surface area contributed by atoms with E-state index in [1.165, 1.54) is 11.8 Å². The summed E-state index contributed by atoms with van der Waals surface area (Å²) in [6, 6.07) is 15.4. The van der Waals surface area contributed by atoms with Crippen LogP contribution in [0.4, 0.5) is 5.69 Å². The van der Waals surface area contributed by atoms with E-state index in [4.69, 9.17) is 21.7 Å². The van der Waals surface area contributed by atoms with E-state index in [9.17, 15) is 9.59 Å². The van der Waals surface area contributed by atoms with Gasteiger partial charge in [0.1, 0.15) is 10.1 Å². The Hall–Kier alpha value is -3.14. The number of fused-ring (bicyclic) bond motifs is 1. The average Bonchev–Trinajstić information content (AvgIpc) is 3.15. The third-order valence-corrected chi connectivity index (χ3v) is 7.66. The van der Waals surface area contributed by atoms with Crippen molar-refractivity contribution in [1.29, 1.82) is 0 Å². The van der Waals surface area contributed by atoms with Gasteiger partial charge in [0.15, 0.2) is 0 Å². The summed E-state index contributed by atoms with van der Waals surface area (Å²) >= 11 is 6.78. The number of amides is 1. The second-order valence-corrected chi connectivity index (χ2v) is 10.0. The topological polar surface area (TPSA) is 64.0 Å². The van der Waals surface area contributed by atoms with E-state index in [-0.39, 0.29) is 11.5 Å². The number of pyridine rings is 1. The van der Waals surface area contributed by atoms with Gasteiger partial charge in [-0.3, -0.25) is 14.5 Å². The lowest BCUT2D eigenvalue weighted by Crippen LogP contribution is -2.38. The van der Waals surface area contributed by atoms with Crippen molar-refractivity contribution in [1.82, 2.24) is 9.47 Å². The lowest BCUT2D eigenvalue weighted by atomic mass is 10.1. The van der Waals surface area contributed by atoms with Crippen LogP contribution in [0.3, 0.4) is 0 Å². The van der Waals surface area contributed by atoms with Crippen LogP contribution >= 0.6 is 24.0 Å². The number of para-hydroxylation sites is 1. The van der Waals surface area contributed by atoms with Crippen LogP contribution in [0.2, 0.25) is 0 Å². The first-order valence-electron chi connectivity index (χ1n) is 11.3. The van der Waals surface area contributed by atoms with Gasteiger partial charge in [-0.1, -0.05) is 54.3 Å². The van der Waals surface area contributed by atoms with E-state index in [2.05, 4.69) is 4.90 Å². The number of carbonyl (C=O) groups is 1. The summed E-state index contributed by atoms with van der Waals surface area (Å²) in [4.78, 5) is 31.1. The smallest absolute Gasteiger partial charge is 0.266 e. The van der Waals surface area contributed by atoms with Gasteiger partial charge >= 0.3 is 0 Å². The van der Waals surface area contributed by atoms with E-state index in [1.807, 2.05) is 48.5 Å². The van der Waals surface area contributed by atoms with Crippen molar-refractivity contribution in [3.8, 4) is 5.75 Å². The zero-order valence-corrected chi connectivity index (χ0v) is 21.2. The van der Waals surface area contributed by atoms with Crippen LogP contribution < -0.4 is 15.2 Å². The van der Waals surface area contributed by atoms with Gasteiger partial charge < -0.3 is 18.9 Å². The van der Waals surface area contributed by atoms with Crippen LogP contribution in [0.5, 0.6) is 5.75 Å². The van der Waals surface area contributed by atoms with E-state index in [0.717, 1.165) is 27.9 Å². The molecule has 3 heterocycles. The highest BCUT2D eigenvalue weighted by molar-refractivity contribution is 8.26. The third kappa shape index (κ3) is 4.47. The second kappa shape index (κ2) is 9.85. The molecule has 35 heavy (non-hydrogen) atoms. The second-order valence-electron chi connectivity index (χ2n) is 8.36. The fraction of sp³-hybridized carbons (Fsp3) is 0.269. The van der Waals surface area contributed by atoms with Gasteiger partial charge in [-0.2, -0.15) is 0 Å². The summed E-state index contributed by atoms with van der Waals surface area (Å²) in [5.74, 6) is 0.556. The Bertz CT molecular complexity index is 1390. The van der Waals surface area contributed by atoms with Crippen molar-refractivity contribution in [2.45, 2.75) is 6.54 Å². The molecule has 180 valence electrons. The minimum absolute atomic E-state index is 0.148. The molecule has 2 aliphatic heterocycles. The number of thioether (sulfide) groups is 1. The normalized spacial score (nSPS) is 17.6. The van der Waals surface area contributed by atoms with Crippen molar-refractivity contribution in [2.75, 3.05) is 38.3 Å². The lowest BCUT2D eigenvalue weighted by molar-refractivity contribution is -0.122. The molecule has 7 nitrogen and oxygen atoms in total. The maximum absolute atomic E-state index is 13.5. The predicted octanol–water partition coefficient (Wildman–Crippen LogP) is 3.79. The maximum Gasteiger partial charge on any atom is 0.266 e. The molecular formula is C26H25N3O4S2. The average molecular weight is 508 g/mol. The van der Waals surface area contributed by atoms with Crippen molar-refractivity contribution >= 4 is 56.9 Å². The number of thiocarbonyl (C=S) groups is 1. The van der Waals surface area contributed by atoms with Crippen LogP contribution in [0.1, 0.15) is 11.1 Å². The number of aryl methyl sites for hydroxylation is 1. The van der Waals surface area contributed by atoms with Gasteiger partial charge in [-0.15, -0.1) is 0 Å². The van der Waals surface area contributed by atoms with Gasteiger partial charge in [0.25, 0.3) is 11.5 Å². The number of morpholine rings is 1. The fourth-order valence-corrected chi connectivity index (χ4v) is 5.68. The molecule has 2 aliphatic rings. The molecule has 2 saturated heterocycles. The number of rotatable bonds is 5. The van der Waals surface area contributed by atoms with Crippen LogP contribution in [0, 0.1) is 0 Å². The lowest BCUT2D eigenvalue weighted by Gasteiger charge is -2.31. The number of aromatic nitrogens is 1. The van der Waals surface area contributed by atoms with Crippen molar-refractivity contribution in [3.63, 3.8) is 0 Å². The summed E-state index contributed by atoms with van der Waals surface area (Å²) in [7, 11) is 3.38. The number of nitrogens with zero attached hydrogens (tertiary/aromatic N) is 3. The quantitative estimate of drug-likeness (QED) is 0.385. The molecule has 0 atom stereocenters. The van der Waals surface area contributed by atoms with E-state index in [1.54, 1.807) is 29.7 Å². The van der Waals surface area contributed by atoms with Gasteiger partial charge in [-0.25, -0.2) is 0 Å². The zero-order valence-electron chi connectivity index (χ0n) is 19.5. The number of methoxy groups -OCH3 is 1. The molecule has 0 aliphatic carbocycles.